The second kappa shape index (κ2) is 9.98. The Bertz CT molecular complexity index is 1320. The standard InChI is InChI=1S/C23H17N3O6S2/c27-21(25-14-5-6-17-18(9-14)31-13-30-17)12-34-22-16(3-1-7-24-22)23(28)29-11-15-10-19(32-26-15)20-4-2-8-33-20/h1-10H,11-13H2,(H,25,27). The molecule has 4 aromatic rings. The number of aromatic nitrogens is 2. The van der Waals surface area contributed by atoms with Crippen molar-refractivity contribution in [1.29, 1.82) is 0 Å². The summed E-state index contributed by atoms with van der Waals surface area (Å²) >= 11 is 2.67. The molecule has 0 saturated carbocycles. The largest absolute Gasteiger partial charge is 0.455 e. The van der Waals surface area contributed by atoms with Gasteiger partial charge in [0, 0.05) is 24.0 Å². The fraction of sp³-hybridized carbons (Fsp3) is 0.130. The van der Waals surface area contributed by atoms with Gasteiger partial charge in [-0.1, -0.05) is 23.0 Å². The first-order valence-corrected chi connectivity index (χ1v) is 12.0. The van der Waals surface area contributed by atoms with Crippen LogP contribution in [0.25, 0.3) is 10.6 Å². The molecule has 0 saturated heterocycles. The first kappa shape index (κ1) is 22.0. The zero-order valence-corrected chi connectivity index (χ0v) is 19.2. The maximum atomic E-state index is 12.7. The molecular weight excluding hydrogens is 478 g/mol. The van der Waals surface area contributed by atoms with Crippen LogP contribution < -0.4 is 14.8 Å². The first-order valence-electron chi connectivity index (χ1n) is 10.1. The van der Waals surface area contributed by atoms with Gasteiger partial charge in [0.2, 0.25) is 12.7 Å². The van der Waals surface area contributed by atoms with Crippen molar-refractivity contribution in [3.05, 3.63) is 71.4 Å². The molecular formula is C23H17N3O6S2. The number of benzene rings is 1. The Morgan fingerprint density at radius 3 is 2.91 bits per heavy atom. The zero-order valence-electron chi connectivity index (χ0n) is 17.6. The van der Waals surface area contributed by atoms with E-state index in [9.17, 15) is 9.59 Å². The van der Waals surface area contributed by atoms with Gasteiger partial charge in [0.1, 0.15) is 17.3 Å². The Balaban J connectivity index is 1.17. The summed E-state index contributed by atoms with van der Waals surface area (Å²) in [5.74, 6) is 1.07. The van der Waals surface area contributed by atoms with Crippen molar-refractivity contribution >= 4 is 40.7 Å². The summed E-state index contributed by atoms with van der Waals surface area (Å²) in [4.78, 5) is 30.2. The van der Waals surface area contributed by atoms with E-state index in [0.29, 0.717) is 33.7 Å². The molecule has 1 aliphatic rings. The van der Waals surface area contributed by atoms with Gasteiger partial charge in [0.05, 0.1) is 16.2 Å². The summed E-state index contributed by atoms with van der Waals surface area (Å²) in [5, 5.41) is 9.07. The van der Waals surface area contributed by atoms with Gasteiger partial charge in [0.25, 0.3) is 0 Å². The van der Waals surface area contributed by atoms with Crippen LogP contribution in [0.3, 0.4) is 0 Å². The number of hydrogen-bond acceptors (Lipinski definition) is 10. The Hall–Kier alpha value is -3.83. The summed E-state index contributed by atoms with van der Waals surface area (Å²) in [6, 6.07) is 14.0. The second-order valence-electron chi connectivity index (χ2n) is 7.00. The van der Waals surface area contributed by atoms with Crippen LogP contribution in [-0.4, -0.2) is 34.6 Å². The molecule has 1 N–H and O–H groups in total. The van der Waals surface area contributed by atoms with Gasteiger partial charge in [-0.05, 0) is 35.7 Å². The van der Waals surface area contributed by atoms with Crippen LogP contribution in [0.15, 0.2) is 69.7 Å². The lowest BCUT2D eigenvalue weighted by Gasteiger charge is -2.08. The van der Waals surface area contributed by atoms with Crippen molar-refractivity contribution in [2.24, 2.45) is 0 Å². The third-order valence-corrected chi connectivity index (χ3v) is 6.55. The van der Waals surface area contributed by atoms with E-state index < -0.39 is 5.97 Å². The van der Waals surface area contributed by atoms with Gasteiger partial charge in [-0.2, -0.15) is 0 Å². The molecule has 0 unspecified atom stereocenters. The molecule has 0 radical (unpaired) electrons. The molecule has 9 nitrogen and oxygen atoms in total. The van der Waals surface area contributed by atoms with Crippen LogP contribution >= 0.6 is 23.1 Å². The summed E-state index contributed by atoms with van der Waals surface area (Å²) in [6.45, 7) is 0.116. The molecule has 0 fully saturated rings. The molecule has 0 aliphatic carbocycles. The van der Waals surface area contributed by atoms with Crippen molar-refractivity contribution in [3.8, 4) is 22.1 Å². The van der Waals surface area contributed by atoms with Gasteiger partial charge in [-0.15, -0.1) is 11.3 Å². The van der Waals surface area contributed by atoms with Gasteiger partial charge < -0.3 is 24.1 Å². The number of esters is 1. The molecule has 172 valence electrons. The number of nitrogens with one attached hydrogen (secondary N) is 1. The topological polar surface area (TPSA) is 113 Å². The van der Waals surface area contributed by atoms with Gasteiger partial charge in [-0.3, -0.25) is 4.79 Å². The van der Waals surface area contributed by atoms with Crippen LogP contribution in [0, 0.1) is 0 Å². The highest BCUT2D eigenvalue weighted by Crippen LogP contribution is 2.34. The summed E-state index contributed by atoms with van der Waals surface area (Å²) in [5.41, 5.74) is 1.35. The van der Waals surface area contributed by atoms with Crippen LogP contribution in [0.1, 0.15) is 16.1 Å². The van der Waals surface area contributed by atoms with E-state index >= 15 is 0 Å². The lowest BCUT2D eigenvalue weighted by molar-refractivity contribution is -0.113. The molecule has 1 aromatic carbocycles. The highest BCUT2D eigenvalue weighted by atomic mass is 32.2. The fourth-order valence-corrected chi connectivity index (χ4v) is 4.55. The molecule has 3 aromatic heterocycles. The fourth-order valence-electron chi connectivity index (χ4n) is 3.10. The Morgan fingerprint density at radius 2 is 2.03 bits per heavy atom. The van der Waals surface area contributed by atoms with Gasteiger partial charge >= 0.3 is 5.97 Å². The number of rotatable bonds is 8. The average Bonchev–Trinajstić information content (AvgIpc) is 3.62. The maximum Gasteiger partial charge on any atom is 0.341 e. The van der Waals surface area contributed by atoms with Crippen molar-refractivity contribution < 1.29 is 28.3 Å². The second-order valence-corrected chi connectivity index (χ2v) is 8.91. The molecule has 4 heterocycles. The molecule has 0 bridgehead atoms. The van der Waals surface area contributed by atoms with Crippen molar-refractivity contribution in [2.75, 3.05) is 17.9 Å². The minimum atomic E-state index is -0.563. The smallest absolute Gasteiger partial charge is 0.341 e. The quantitative estimate of drug-likeness (QED) is 0.276. The average molecular weight is 496 g/mol. The molecule has 11 heteroatoms. The monoisotopic (exact) mass is 495 g/mol. The van der Waals surface area contributed by atoms with E-state index in [-0.39, 0.29) is 30.6 Å². The van der Waals surface area contributed by atoms with Crippen molar-refractivity contribution in [3.63, 3.8) is 0 Å². The lowest BCUT2D eigenvalue weighted by atomic mass is 10.3. The molecule has 0 atom stereocenters. The van der Waals surface area contributed by atoms with E-state index in [1.165, 1.54) is 11.3 Å². The van der Waals surface area contributed by atoms with Crippen molar-refractivity contribution in [1.82, 2.24) is 10.1 Å². The summed E-state index contributed by atoms with van der Waals surface area (Å²) < 4.78 is 21.3. The highest BCUT2D eigenvalue weighted by Gasteiger charge is 2.18. The number of nitrogens with zero attached hydrogens (tertiary/aromatic N) is 2. The third-order valence-electron chi connectivity index (χ3n) is 4.66. The van der Waals surface area contributed by atoms with Crippen LogP contribution in [0.4, 0.5) is 5.69 Å². The molecule has 1 aliphatic heterocycles. The summed E-state index contributed by atoms with van der Waals surface area (Å²) in [6.07, 6.45) is 1.56. The van der Waals surface area contributed by atoms with E-state index in [4.69, 9.17) is 18.7 Å². The number of thiophene rings is 1. The minimum Gasteiger partial charge on any atom is -0.455 e. The number of ether oxygens (including phenoxy) is 3. The zero-order chi connectivity index (χ0) is 23.3. The minimum absolute atomic E-state index is 0.0443. The number of carbonyl (C=O) groups is 2. The summed E-state index contributed by atoms with van der Waals surface area (Å²) in [7, 11) is 0. The number of pyridine rings is 1. The Kier molecular flexibility index (Phi) is 6.45. The predicted octanol–water partition coefficient (Wildman–Crippen LogP) is 4.61. The normalized spacial score (nSPS) is 11.9. The highest BCUT2D eigenvalue weighted by molar-refractivity contribution is 8.00. The number of hydrogen-bond donors (Lipinski definition) is 1. The van der Waals surface area contributed by atoms with Crippen LogP contribution in [0.5, 0.6) is 11.5 Å². The number of carbonyl (C=O) groups excluding carboxylic acids is 2. The predicted molar refractivity (Wildman–Crippen MR) is 125 cm³/mol. The van der Waals surface area contributed by atoms with E-state index in [0.717, 1.165) is 16.6 Å². The Labute approximate surface area is 202 Å². The molecule has 34 heavy (non-hydrogen) atoms. The Morgan fingerprint density at radius 1 is 1.12 bits per heavy atom. The van der Waals surface area contributed by atoms with Crippen LogP contribution in [0.2, 0.25) is 0 Å². The van der Waals surface area contributed by atoms with E-state index in [1.54, 1.807) is 42.6 Å². The molecule has 1 amide bonds. The number of anilines is 1. The maximum absolute atomic E-state index is 12.7. The van der Waals surface area contributed by atoms with E-state index in [2.05, 4.69) is 15.5 Å². The lowest BCUT2D eigenvalue weighted by Crippen LogP contribution is -2.15. The number of thioether (sulfide) groups is 1. The molecule has 5 rings (SSSR count). The first-order chi connectivity index (χ1) is 16.7. The van der Waals surface area contributed by atoms with Crippen LogP contribution in [-0.2, 0) is 16.1 Å². The number of fused-ring (bicyclic) bond motifs is 1. The molecule has 0 spiro atoms. The third kappa shape index (κ3) is 5.05. The number of amides is 1. The van der Waals surface area contributed by atoms with E-state index in [1.807, 2.05) is 17.5 Å². The SMILES string of the molecule is O=C(CSc1ncccc1C(=O)OCc1cc(-c2cccs2)on1)Nc1ccc2c(c1)OCO2. The van der Waals surface area contributed by atoms with Gasteiger partial charge in [0.15, 0.2) is 17.3 Å². The van der Waals surface area contributed by atoms with Gasteiger partial charge in [-0.25, -0.2) is 9.78 Å². The van der Waals surface area contributed by atoms with Crippen molar-refractivity contribution in [2.45, 2.75) is 11.6 Å².